The fraction of sp³-hybridized carbons (Fsp3) is 0.353. The number of fused-ring (bicyclic) bond motifs is 1. The molecule has 1 N–H and O–H groups in total. The molecule has 0 aliphatic carbocycles. The maximum atomic E-state index is 8.56. The summed E-state index contributed by atoms with van der Waals surface area (Å²) in [6.07, 6.45) is 0. The molecule has 0 aromatic heterocycles. The smallest absolute Gasteiger partial charge is 0.129 e. The zero-order valence-corrected chi connectivity index (χ0v) is 12.1. The van der Waals surface area contributed by atoms with Crippen LogP contribution >= 0.6 is 0 Å². The number of hydrogen-bond acceptors (Lipinski definition) is 1. The Balaban J connectivity index is 2.52. The van der Waals surface area contributed by atoms with Gasteiger partial charge in [-0.15, -0.1) is 0 Å². The molecule has 0 amide bonds. The fourth-order valence-electron chi connectivity index (χ4n) is 2.68. The summed E-state index contributed by atoms with van der Waals surface area (Å²) in [6.45, 7) is 8.55. The number of nitrogens with zero attached hydrogens (tertiary/aromatic N) is 1. The number of nitrogens with one attached hydrogen (secondary N) is 1. The van der Waals surface area contributed by atoms with Gasteiger partial charge in [-0.05, 0) is 38.5 Å². The van der Waals surface area contributed by atoms with Crippen molar-refractivity contribution in [3.63, 3.8) is 0 Å². The number of benzene rings is 2. The molecule has 0 spiro atoms. The number of rotatable bonds is 3. The summed E-state index contributed by atoms with van der Waals surface area (Å²) in [5, 5.41) is 10.9. The minimum absolute atomic E-state index is 0.325. The van der Waals surface area contributed by atoms with Gasteiger partial charge >= 0.3 is 0 Å². The first-order valence-electron chi connectivity index (χ1n) is 6.87. The molecule has 0 bridgehead atoms. The highest BCUT2D eigenvalue weighted by molar-refractivity contribution is 6.08. The minimum atomic E-state index is 0.325. The van der Waals surface area contributed by atoms with Gasteiger partial charge in [-0.1, -0.05) is 42.5 Å². The summed E-state index contributed by atoms with van der Waals surface area (Å²) in [6, 6.07) is 15.1. The van der Waals surface area contributed by atoms with Crippen LogP contribution in [0.1, 0.15) is 33.3 Å². The van der Waals surface area contributed by atoms with Crippen LogP contribution in [0.2, 0.25) is 0 Å². The Morgan fingerprint density at radius 1 is 0.895 bits per heavy atom. The molecule has 2 aromatic rings. The van der Waals surface area contributed by atoms with Gasteiger partial charge in [-0.25, -0.2) is 0 Å². The monoisotopic (exact) mass is 254 g/mol. The molecular weight excluding hydrogens is 232 g/mol. The Morgan fingerprint density at radius 2 is 1.47 bits per heavy atom. The van der Waals surface area contributed by atoms with Crippen molar-refractivity contribution in [3.8, 4) is 0 Å². The van der Waals surface area contributed by atoms with Crippen LogP contribution in [0.15, 0.2) is 42.5 Å². The zero-order chi connectivity index (χ0) is 14.0. The quantitative estimate of drug-likeness (QED) is 0.642. The molecule has 0 saturated heterocycles. The van der Waals surface area contributed by atoms with Gasteiger partial charge in [-0.3, -0.25) is 5.41 Å². The van der Waals surface area contributed by atoms with Crippen LogP contribution in [0.3, 0.4) is 0 Å². The van der Waals surface area contributed by atoms with Gasteiger partial charge in [-0.2, -0.15) is 0 Å². The second kappa shape index (κ2) is 5.43. The lowest BCUT2D eigenvalue weighted by molar-refractivity contribution is 0.291. The summed E-state index contributed by atoms with van der Waals surface area (Å²) < 4.78 is 0. The standard InChI is InChI=1S/C17H22N2/c1-12(2)19(13(3)4)17(18)16-11-7-9-14-8-5-6-10-15(14)16/h5-13,18H,1-4H3. The van der Waals surface area contributed by atoms with Crippen LogP contribution in [0.4, 0.5) is 0 Å². The van der Waals surface area contributed by atoms with E-state index in [9.17, 15) is 0 Å². The lowest BCUT2D eigenvalue weighted by Crippen LogP contribution is -2.42. The van der Waals surface area contributed by atoms with Crippen molar-refractivity contribution in [3.05, 3.63) is 48.0 Å². The minimum Gasteiger partial charge on any atom is -0.352 e. The third-order valence-electron chi connectivity index (χ3n) is 3.42. The average Bonchev–Trinajstić information content (AvgIpc) is 2.37. The van der Waals surface area contributed by atoms with Crippen molar-refractivity contribution in [1.29, 1.82) is 5.41 Å². The Labute approximate surface area is 115 Å². The maximum Gasteiger partial charge on any atom is 0.129 e. The maximum absolute atomic E-state index is 8.56. The van der Waals surface area contributed by atoms with Crippen molar-refractivity contribution >= 4 is 16.6 Å². The largest absolute Gasteiger partial charge is 0.352 e. The molecule has 0 atom stereocenters. The fourth-order valence-corrected chi connectivity index (χ4v) is 2.68. The van der Waals surface area contributed by atoms with E-state index >= 15 is 0 Å². The van der Waals surface area contributed by atoms with E-state index in [0.29, 0.717) is 17.9 Å². The summed E-state index contributed by atoms with van der Waals surface area (Å²) >= 11 is 0. The van der Waals surface area contributed by atoms with E-state index in [2.05, 4.69) is 50.8 Å². The molecule has 0 saturated carbocycles. The van der Waals surface area contributed by atoms with Crippen molar-refractivity contribution in [2.45, 2.75) is 39.8 Å². The van der Waals surface area contributed by atoms with E-state index in [1.165, 1.54) is 5.39 Å². The highest BCUT2D eigenvalue weighted by Crippen LogP contribution is 2.21. The highest BCUT2D eigenvalue weighted by Gasteiger charge is 2.19. The molecule has 2 rings (SSSR count). The number of amidine groups is 1. The second-order valence-corrected chi connectivity index (χ2v) is 5.47. The van der Waals surface area contributed by atoms with Crippen LogP contribution < -0.4 is 0 Å². The molecule has 0 aliphatic rings. The Bertz CT molecular complexity index is 571. The van der Waals surface area contributed by atoms with E-state index in [-0.39, 0.29) is 0 Å². The highest BCUT2D eigenvalue weighted by atomic mass is 15.2. The first-order chi connectivity index (χ1) is 9.02. The molecule has 2 aromatic carbocycles. The van der Waals surface area contributed by atoms with Gasteiger partial charge in [0.2, 0.25) is 0 Å². The molecular formula is C17H22N2. The summed E-state index contributed by atoms with van der Waals surface area (Å²) in [4.78, 5) is 2.15. The van der Waals surface area contributed by atoms with Crippen molar-refractivity contribution in [2.24, 2.45) is 0 Å². The van der Waals surface area contributed by atoms with E-state index < -0.39 is 0 Å². The molecule has 2 nitrogen and oxygen atoms in total. The van der Waals surface area contributed by atoms with E-state index in [1.54, 1.807) is 0 Å². The van der Waals surface area contributed by atoms with Gasteiger partial charge in [0.25, 0.3) is 0 Å². The van der Waals surface area contributed by atoms with Crippen LogP contribution in [0.5, 0.6) is 0 Å². The van der Waals surface area contributed by atoms with E-state index in [4.69, 9.17) is 5.41 Å². The van der Waals surface area contributed by atoms with Crippen molar-refractivity contribution in [2.75, 3.05) is 0 Å². The molecule has 2 heteroatoms. The van der Waals surface area contributed by atoms with Crippen LogP contribution in [-0.4, -0.2) is 22.8 Å². The Hall–Kier alpha value is -1.83. The Kier molecular flexibility index (Phi) is 3.89. The van der Waals surface area contributed by atoms with Gasteiger partial charge in [0.05, 0.1) is 0 Å². The lowest BCUT2D eigenvalue weighted by atomic mass is 10.0. The molecule has 0 aliphatic heterocycles. The second-order valence-electron chi connectivity index (χ2n) is 5.47. The third kappa shape index (κ3) is 2.62. The average molecular weight is 254 g/mol. The first-order valence-corrected chi connectivity index (χ1v) is 6.87. The molecule has 100 valence electrons. The van der Waals surface area contributed by atoms with Crippen LogP contribution in [0.25, 0.3) is 10.8 Å². The van der Waals surface area contributed by atoms with Crippen LogP contribution in [0, 0.1) is 5.41 Å². The topological polar surface area (TPSA) is 27.1 Å². The normalized spacial score (nSPS) is 11.3. The molecule has 0 unspecified atom stereocenters. The van der Waals surface area contributed by atoms with E-state index in [0.717, 1.165) is 10.9 Å². The third-order valence-corrected chi connectivity index (χ3v) is 3.42. The van der Waals surface area contributed by atoms with Gasteiger partial charge in [0, 0.05) is 17.6 Å². The molecule has 0 fully saturated rings. The van der Waals surface area contributed by atoms with Crippen molar-refractivity contribution < 1.29 is 0 Å². The number of hydrogen-bond donors (Lipinski definition) is 1. The molecule has 0 heterocycles. The molecule has 0 radical (unpaired) electrons. The van der Waals surface area contributed by atoms with Gasteiger partial charge in [0.15, 0.2) is 0 Å². The van der Waals surface area contributed by atoms with Crippen LogP contribution in [-0.2, 0) is 0 Å². The molecule has 19 heavy (non-hydrogen) atoms. The lowest BCUT2D eigenvalue weighted by Gasteiger charge is -2.33. The SMILES string of the molecule is CC(C)N(C(=N)c1cccc2ccccc12)C(C)C. The van der Waals surface area contributed by atoms with Gasteiger partial charge in [0.1, 0.15) is 5.84 Å². The summed E-state index contributed by atoms with van der Waals surface area (Å²) in [5.74, 6) is 0.613. The van der Waals surface area contributed by atoms with E-state index in [1.807, 2.05) is 24.3 Å². The summed E-state index contributed by atoms with van der Waals surface area (Å²) in [7, 11) is 0. The predicted octanol–water partition coefficient (Wildman–Crippen LogP) is 4.28. The Morgan fingerprint density at radius 3 is 2.11 bits per heavy atom. The van der Waals surface area contributed by atoms with Crippen molar-refractivity contribution in [1.82, 2.24) is 4.90 Å². The zero-order valence-electron chi connectivity index (χ0n) is 12.1. The first kappa shape index (κ1) is 13.6. The summed E-state index contributed by atoms with van der Waals surface area (Å²) in [5.41, 5.74) is 1.01. The van der Waals surface area contributed by atoms with Gasteiger partial charge < -0.3 is 4.90 Å². The predicted molar refractivity (Wildman–Crippen MR) is 82.9 cm³/mol.